The molecule has 0 saturated carbocycles. The number of rotatable bonds is 2. The van der Waals surface area contributed by atoms with Gasteiger partial charge in [0.2, 0.25) is 0 Å². The van der Waals surface area contributed by atoms with Crippen LogP contribution in [0.3, 0.4) is 0 Å². The van der Waals surface area contributed by atoms with E-state index in [2.05, 4.69) is 27.8 Å². The molecule has 0 aliphatic carbocycles. The first-order valence-corrected chi connectivity index (χ1v) is 5.35. The molecule has 0 atom stereocenters. The highest BCUT2D eigenvalue weighted by Crippen LogP contribution is 2.30. The SMILES string of the molecule is Cc1ccc(C)c(Oc2nnns2)c1C. The zero-order valence-corrected chi connectivity index (χ0v) is 9.63. The molecule has 0 aliphatic heterocycles. The average Bonchev–Trinajstić information content (AvgIpc) is 2.71. The lowest BCUT2D eigenvalue weighted by Crippen LogP contribution is -1.93. The van der Waals surface area contributed by atoms with Crippen LogP contribution in [-0.2, 0) is 0 Å². The molecule has 1 aromatic carbocycles. The Morgan fingerprint density at radius 3 is 2.53 bits per heavy atom. The van der Waals surface area contributed by atoms with E-state index in [4.69, 9.17) is 4.74 Å². The number of hydrogen-bond acceptors (Lipinski definition) is 5. The van der Waals surface area contributed by atoms with E-state index in [1.54, 1.807) is 0 Å². The van der Waals surface area contributed by atoms with E-state index in [1.807, 2.05) is 19.9 Å². The molecule has 15 heavy (non-hydrogen) atoms. The van der Waals surface area contributed by atoms with Crippen molar-refractivity contribution in [3.05, 3.63) is 28.8 Å². The quantitative estimate of drug-likeness (QED) is 0.782. The van der Waals surface area contributed by atoms with Crippen molar-refractivity contribution in [1.82, 2.24) is 14.8 Å². The number of aryl methyl sites for hydroxylation is 2. The maximum Gasteiger partial charge on any atom is 0.319 e. The van der Waals surface area contributed by atoms with E-state index in [1.165, 1.54) is 5.56 Å². The summed E-state index contributed by atoms with van der Waals surface area (Å²) in [6, 6.07) is 4.11. The van der Waals surface area contributed by atoms with Gasteiger partial charge in [-0.15, -0.1) is 0 Å². The molecule has 0 N–H and O–H groups in total. The fourth-order valence-electron chi connectivity index (χ4n) is 1.34. The summed E-state index contributed by atoms with van der Waals surface area (Å²) >= 11 is 1.15. The van der Waals surface area contributed by atoms with E-state index >= 15 is 0 Å². The number of nitrogens with zero attached hydrogens (tertiary/aromatic N) is 3. The molecule has 0 bridgehead atoms. The highest BCUT2D eigenvalue weighted by molar-refractivity contribution is 7.07. The van der Waals surface area contributed by atoms with Gasteiger partial charge in [-0.25, -0.2) is 0 Å². The molecule has 2 rings (SSSR count). The Hall–Kier alpha value is -1.49. The predicted molar refractivity (Wildman–Crippen MR) is 58.4 cm³/mol. The van der Waals surface area contributed by atoms with Crippen molar-refractivity contribution >= 4 is 11.5 Å². The van der Waals surface area contributed by atoms with Crippen LogP contribution < -0.4 is 4.74 Å². The third-order valence-electron chi connectivity index (χ3n) is 2.34. The van der Waals surface area contributed by atoms with Gasteiger partial charge in [0.05, 0.1) is 0 Å². The first-order chi connectivity index (χ1) is 7.18. The number of aromatic nitrogens is 3. The minimum atomic E-state index is 0.479. The van der Waals surface area contributed by atoms with Gasteiger partial charge in [-0.05, 0) is 42.7 Å². The van der Waals surface area contributed by atoms with Crippen LogP contribution in [0, 0.1) is 20.8 Å². The van der Waals surface area contributed by atoms with Gasteiger partial charge < -0.3 is 4.74 Å². The largest absolute Gasteiger partial charge is 0.428 e. The van der Waals surface area contributed by atoms with Crippen molar-refractivity contribution in [3.8, 4) is 10.9 Å². The van der Waals surface area contributed by atoms with Crippen LogP contribution in [0.15, 0.2) is 12.1 Å². The number of ether oxygens (including phenoxy) is 1. The zero-order valence-electron chi connectivity index (χ0n) is 8.81. The molecule has 0 amide bonds. The highest BCUT2D eigenvalue weighted by Gasteiger charge is 2.09. The van der Waals surface area contributed by atoms with E-state index in [0.717, 1.165) is 28.4 Å². The molecule has 0 spiro atoms. The summed E-state index contributed by atoms with van der Waals surface area (Å²) in [6.07, 6.45) is 0. The van der Waals surface area contributed by atoms with E-state index in [9.17, 15) is 0 Å². The van der Waals surface area contributed by atoms with E-state index < -0.39 is 0 Å². The summed E-state index contributed by atoms with van der Waals surface area (Å²) < 4.78 is 9.30. The highest BCUT2D eigenvalue weighted by atomic mass is 32.1. The second-order valence-electron chi connectivity index (χ2n) is 3.38. The Labute approximate surface area is 92.1 Å². The predicted octanol–water partition coefficient (Wildman–Crippen LogP) is 2.65. The minimum absolute atomic E-state index is 0.479. The van der Waals surface area contributed by atoms with Crippen molar-refractivity contribution in [3.63, 3.8) is 0 Å². The maximum atomic E-state index is 5.64. The van der Waals surface area contributed by atoms with Crippen molar-refractivity contribution < 1.29 is 4.74 Å². The molecule has 78 valence electrons. The lowest BCUT2D eigenvalue weighted by Gasteiger charge is -2.10. The fraction of sp³-hybridized carbons (Fsp3) is 0.300. The average molecular weight is 221 g/mol. The monoisotopic (exact) mass is 221 g/mol. The summed E-state index contributed by atoms with van der Waals surface area (Å²) in [7, 11) is 0. The summed E-state index contributed by atoms with van der Waals surface area (Å²) in [5.41, 5.74) is 3.42. The van der Waals surface area contributed by atoms with Gasteiger partial charge in [0.25, 0.3) is 0 Å². The van der Waals surface area contributed by atoms with Crippen LogP contribution in [0.4, 0.5) is 0 Å². The molecule has 0 saturated heterocycles. The molecule has 0 radical (unpaired) electrons. The molecule has 5 heteroatoms. The molecule has 1 aromatic heterocycles. The Balaban J connectivity index is 2.39. The summed E-state index contributed by atoms with van der Waals surface area (Å²) in [6.45, 7) is 6.10. The first kappa shape index (κ1) is 10.0. The van der Waals surface area contributed by atoms with Crippen LogP contribution in [-0.4, -0.2) is 14.8 Å². The van der Waals surface area contributed by atoms with Gasteiger partial charge in [-0.1, -0.05) is 21.7 Å². The van der Waals surface area contributed by atoms with Crippen molar-refractivity contribution in [2.75, 3.05) is 0 Å². The fourth-order valence-corrected chi connectivity index (χ4v) is 1.67. The third kappa shape index (κ3) is 1.97. The minimum Gasteiger partial charge on any atom is -0.428 e. The number of hydrogen-bond donors (Lipinski definition) is 0. The van der Waals surface area contributed by atoms with E-state index in [-0.39, 0.29) is 0 Å². The lowest BCUT2D eigenvalue weighted by atomic mass is 10.1. The topological polar surface area (TPSA) is 47.9 Å². The van der Waals surface area contributed by atoms with E-state index in [0.29, 0.717) is 5.19 Å². The standard InChI is InChI=1S/C10H11N3OS/c1-6-4-5-7(2)9(8(6)3)14-10-11-12-13-15-10/h4-5H,1-3H3. The molecule has 0 unspecified atom stereocenters. The summed E-state index contributed by atoms with van der Waals surface area (Å²) in [4.78, 5) is 0. The summed E-state index contributed by atoms with van der Waals surface area (Å²) in [5, 5.41) is 7.73. The second-order valence-corrected chi connectivity index (χ2v) is 4.08. The molecular formula is C10H11N3OS. The molecule has 1 heterocycles. The Morgan fingerprint density at radius 1 is 1.13 bits per heavy atom. The van der Waals surface area contributed by atoms with Gasteiger partial charge in [-0.3, -0.25) is 0 Å². The van der Waals surface area contributed by atoms with Gasteiger partial charge in [0.1, 0.15) is 5.75 Å². The normalized spacial score (nSPS) is 10.3. The smallest absolute Gasteiger partial charge is 0.319 e. The molecule has 0 fully saturated rings. The first-order valence-electron chi connectivity index (χ1n) is 4.58. The zero-order chi connectivity index (χ0) is 10.8. The van der Waals surface area contributed by atoms with Crippen molar-refractivity contribution in [1.29, 1.82) is 0 Å². The Morgan fingerprint density at radius 2 is 1.87 bits per heavy atom. The van der Waals surface area contributed by atoms with Crippen molar-refractivity contribution in [2.45, 2.75) is 20.8 Å². The van der Waals surface area contributed by atoms with Crippen LogP contribution in [0.5, 0.6) is 10.9 Å². The number of benzene rings is 1. The molecule has 2 aromatic rings. The Bertz CT molecular complexity index is 468. The van der Waals surface area contributed by atoms with Crippen molar-refractivity contribution in [2.24, 2.45) is 0 Å². The third-order valence-corrected chi connectivity index (χ3v) is 2.82. The van der Waals surface area contributed by atoms with Gasteiger partial charge in [0, 0.05) is 11.5 Å². The van der Waals surface area contributed by atoms with Crippen LogP contribution in [0.1, 0.15) is 16.7 Å². The second kappa shape index (κ2) is 3.94. The van der Waals surface area contributed by atoms with Crippen LogP contribution in [0.25, 0.3) is 0 Å². The van der Waals surface area contributed by atoms with Crippen LogP contribution in [0.2, 0.25) is 0 Å². The summed E-state index contributed by atoms with van der Waals surface area (Å²) in [5.74, 6) is 0.855. The molecule has 0 aliphatic rings. The lowest BCUT2D eigenvalue weighted by molar-refractivity contribution is 0.465. The van der Waals surface area contributed by atoms with Crippen LogP contribution >= 0.6 is 11.5 Å². The molecular weight excluding hydrogens is 210 g/mol. The Kier molecular flexibility index (Phi) is 2.64. The van der Waals surface area contributed by atoms with Gasteiger partial charge in [-0.2, -0.15) is 0 Å². The maximum absolute atomic E-state index is 5.64. The molecule has 4 nitrogen and oxygen atoms in total. The van der Waals surface area contributed by atoms with Gasteiger partial charge in [0.15, 0.2) is 0 Å². The van der Waals surface area contributed by atoms with Gasteiger partial charge >= 0.3 is 5.19 Å².